The standard InChI is InChI=1S/C17H15F2N3O2/c1-3-4-8-24-13-7-5-6-12(14(13)18)21-17(23)11-9-10(2)15(19)22-16(11)20/h5-7,9H,8H2,1-2H3,(H2,20,22)(H,21,23). The molecule has 1 amide bonds. The minimum atomic E-state index is -0.761. The van der Waals surface area contributed by atoms with E-state index >= 15 is 0 Å². The van der Waals surface area contributed by atoms with E-state index in [0.29, 0.717) is 0 Å². The molecule has 0 aliphatic carbocycles. The molecule has 1 aromatic carbocycles. The molecule has 0 aliphatic heterocycles. The van der Waals surface area contributed by atoms with Crippen LogP contribution in [-0.2, 0) is 0 Å². The van der Waals surface area contributed by atoms with Crippen molar-refractivity contribution < 1.29 is 18.3 Å². The van der Waals surface area contributed by atoms with Gasteiger partial charge in [-0.2, -0.15) is 4.39 Å². The summed E-state index contributed by atoms with van der Waals surface area (Å²) in [5.74, 6) is 2.74. The minimum Gasteiger partial charge on any atom is -0.478 e. The maximum absolute atomic E-state index is 14.3. The summed E-state index contributed by atoms with van der Waals surface area (Å²) >= 11 is 0. The highest BCUT2D eigenvalue weighted by Gasteiger charge is 2.17. The van der Waals surface area contributed by atoms with Crippen LogP contribution in [0.1, 0.15) is 22.8 Å². The summed E-state index contributed by atoms with van der Waals surface area (Å²) in [6.07, 6.45) is 0. The zero-order valence-electron chi connectivity index (χ0n) is 13.1. The van der Waals surface area contributed by atoms with Gasteiger partial charge in [-0.25, -0.2) is 9.37 Å². The largest absolute Gasteiger partial charge is 0.478 e. The second-order valence-corrected chi connectivity index (χ2v) is 4.82. The van der Waals surface area contributed by atoms with Gasteiger partial charge in [-0.3, -0.25) is 4.79 Å². The van der Waals surface area contributed by atoms with Gasteiger partial charge in [0, 0.05) is 5.56 Å². The monoisotopic (exact) mass is 331 g/mol. The number of rotatable bonds is 4. The number of anilines is 2. The molecular formula is C17H15F2N3O2. The number of nitrogens with zero attached hydrogens (tertiary/aromatic N) is 1. The van der Waals surface area contributed by atoms with Gasteiger partial charge >= 0.3 is 0 Å². The smallest absolute Gasteiger partial charge is 0.259 e. The maximum Gasteiger partial charge on any atom is 0.259 e. The number of aromatic nitrogens is 1. The van der Waals surface area contributed by atoms with Crippen LogP contribution in [0.5, 0.6) is 5.75 Å². The molecule has 0 fully saturated rings. The van der Waals surface area contributed by atoms with Gasteiger partial charge in [0.2, 0.25) is 5.95 Å². The van der Waals surface area contributed by atoms with Crippen molar-refractivity contribution in [1.82, 2.24) is 4.98 Å². The summed E-state index contributed by atoms with van der Waals surface area (Å²) in [5.41, 5.74) is 5.57. The van der Waals surface area contributed by atoms with Crippen molar-refractivity contribution in [2.45, 2.75) is 13.8 Å². The number of carbonyl (C=O) groups is 1. The molecule has 0 saturated carbocycles. The summed E-state index contributed by atoms with van der Waals surface area (Å²) in [6, 6.07) is 5.55. The Balaban J connectivity index is 2.24. The van der Waals surface area contributed by atoms with Gasteiger partial charge in [-0.1, -0.05) is 12.0 Å². The predicted octanol–water partition coefficient (Wildman–Crippen LogP) is 2.90. The number of pyridine rings is 1. The van der Waals surface area contributed by atoms with Gasteiger partial charge in [0.05, 0.1) is 11.3 Å². The number of carbonyl (C=O) groups excluding carboxylic acids is 1. The molecule has 0 bridgehead atoms. The molecule has 3 N–H and O–H groups in total. The highest BCUT2D eigenvalue weighted by Crippen LogP contribution is 2.25. The number of nitrogen functional groups attached to an aromatic ring is 1. The van der Waals surface area contributed by atoms with Gasteiger partial charge in [0.1, 0.15) is 12.4 Å². The Bertz CT molecular complexity index is 842. The first-order chi connectivity index (χ1) is 11.4. The van der Waals surface area contributed by atoms with Crippen LogP contribution in [0.4, 0.5) is 20.3 Å². The molecule has 2 rings (SSSR count). The summed E-state index contributed by atoms with van der Waals surface area (Å²) < 4.78 is 32.8. The van der Waals surface area contributed by atoms with E-state index in [1.54, 1.807) is 6.92 Å². The molecule has 1 heterocycles. The van der Waals surface area contributed by atoms with E-state index in [4.69, 9.17) is 10.5 Å². The number of aryl methyl sites for hydroxylation is 1. The zero-order chi connectivity index (χ0) is 17.7. The number of nitrogens with two attached hydrogens (primary N) is 1. The Morgan fingerprint density at radius 1 is 1.42 bits per heavy atom. The van der Waals surface area contributed by atoms with E-state index in [-0.39, 0.29) is 35.0 Å². The quantitative estimate of drug-likeness (QED) is 0.667. The lowest BCUT2D eigenvalue weighted by Crippen LogP contribution is -2.17. The normalized spacial score (nSPS) is 9.83. The highest BCUT2D eigenvalue weighted by molar-refractivity contribution is 6.07. The molecule has 124 valence electrons. The molecule has 24 heavy (non-hydrogen) atoms. The van der Waals surface area contributed by atoms with Gasteiger partial charge in [-0.05, 0) is 32.0 Å². The summed E-state index contributed by atoms with van der Waals surface area (Å²) in [7, 11) is 0. The molecule has 0 unspecified atom stereocenters. The second kappa shape index (κ2) is 7.42. The van der Waals surface area contributed by atoms with Crippen LogP contribution in [-0.4, -0.2) is 17.5 Å². The second-order valence-electron chi connectivity index (χ2n) is 4.82. The van der Waals surface area contributed by atoms with Crippen LogP contribution in [0, 0.1) is 30.5 Å². The lowest BCUT2D eigenvalue weighted by molar-refractivity contribution is 0.102. The van der Waals surface area contributed by atoms with Crippen LogP contribution < -0.4 is 15.8 Å². The van der Waals surface area contributed by atoms with E-state index in [2.05, 4.69) is 22.1 Å². The van der Waals surface area contributed by atoms with Crippen LogP contribution >= 0.6 is 0 Å². The lowest BCUT2D eigenvalue weighted by Gasteiger charge is -2.11. The van der Waals surface area contributed by atoms with Crippen LogP contribution in [0.25, 0.3) is 0 Å². The van der Waals surface area contributed by atoms with Crippen molar-refractivity contribution >= 4 is 17.4 Å². The first kappa shape index (κ1) is 17.2. The molecule has 0 aliphatic rings. The number of hydrogen-bond donors (Lipinski definition) is 2. The molecule has 1 aromatic heterocycles. The van der Waals surface area contributed by atoms with Gasteiger partial charge < -0.3 is 15.8 Å². The molecule has 0 atom stereocenters. The topological polar surface area (TPSA) is 77.2 Å². The Labute approximate surface area is 137 Å². The molecular weight excluding hydrogens is 316 g/mol. The van der Waals surface area contributed by atoms with Gasteiger partial charge in [0.25, 0.3) is 5.91 Å². The molecule has 0 spiro atoms. The number of halogens is 2. The average Bonchev–Trinajstić information content (AvgIpc) is 2.54. The number of hydrogen-bond acceptors (Lipinski definition) is 4. The molecule has 2 aromatic rings. The highest BCUT2D eigenvalue weighted by atomic mass is 19.1. The Morgan fingerprint density at radius 2 is 2.17 bits per heavy atom. The van der Waals surface area contributed by atoms with Crippen molar-refractivity contribution in [3.63, 3.8) is 0 Å². The van der Waals surface area contributed by atoms with Gasteiger partial charge in [-0.15, -0.1) is 5.92 Å². The van der Waals surface area contributed by atoms with Crippen molar-refractivity contribution in [2.75, 3.05) is 17.7 Å². The third kappa shape index (κ3) is 3.79. The fourth-order valence-electron chi connectivity index (χ4n) is 1.88. The first-order valence-electron chi connectivity index (χ1n) is 6.99. The Hall–Kier alpha value is -3.14. The number of benzene rings is 1. The Kier molecular flexibility index (Phi) is 5.32. The average molecular weight is 331 g/mol. The first-order valence-corrected chi connectivity index (χ1v) is 6.99. The SMILES string of the molecule is CC#CCOc1cccc(NC(=O)c2cc(C)c(F)nc2N)c1F. The fraction of sp³-hybridized carbons (Fsp3) is 0.176. The Morgan fingerprint density at radius 3 is 2.88 bits per heavy atom. The number of amides is 1. The lowest BCUT2D eigenvalue weighted by atomic mass is 10.1. The van der Waals surface area contributed by atoms with Crippen molar-refractivity contribution in [3.05, 3.63) is 47.2 Å². The molecule has 0 radical (unpaired) electrons. The number of nitrogens with one attached hydrogen (secondary N) is 1. The third-order valence-corrected chi connectivity index (χ3v) is 3.11. The van der Waals surface area contributed by atoms with E-state index in [9.17, 15) is 13.6 Å². The molecule has 0 saturated heterocycles. The third-order valence-electron chi connectivity index (χ3n) is 3.11. The number of ether oxygens (including phenoxy) is 1. The molecule has 5 nitrogen and oxygen atoms in total. The van der Waals surface area contributed by atoms with Gasteiger partial charge in [0.15, 0.2) is 11.6 Å². The molecule has 7 heteroatoms. The van der Waals surface area contributed by atoms with Crippen LogP contribution in [0.15, 0.2) is 24.3 Å². The van der Waals surface area contributed by atoms with Crippen molar-refractivity contribution in [2.24, 2.45) is 0 Å². The van der Waals surface area contributed by atoms with E-state index in [1.165, 1.54) is 31.2 Å². The van der Waals surface area contributed by atoms with Crippen molar-refractivity contribution in [3.8, 4) is 17.6 Å². The summed E-state index contributed by atoms with van der Waals surface area (Å²) in [4.78, 5) is 15.7. The summed E-state index contributed by atoms with van der Waals surface area (Å²) in [6.45, 7) is 3.11. The minimum absolute atomic E-state index is 0.0266. The van der Waals surface area contributed by atoms with E-state index in [1.807, 2.05) is 0 Å². The van der Waals surface area contributed by atoms with E-state index in [0.717, 1.165) is 0 Å². The van der Waals surface area contributed by atoms with Crippen LogP contribution in [0.2, 0.25) is 0 Å². The van der Waals surface area contributed by atoms with Crippen LogP contribution in [0.3, 0.4) is 0 Å². The van der Waals surface area contributed by atoms with E-state index < -0.39 is 17.7 Å². The zero-order valence-corrected chi connectivity index (χ0v) is 13.1. The fourth-order valence-corrected chi connectivity index (χ4v) is 1.88. The summed E-state index contributed by atoms with van der Waals surface area (Å²) in [5, 5.41) is 2.37. The van der Waals surface area contributed by atoms with Crippen molar-refractivity contribution in [1.29, 1.82) is 0 Å². The predicted molar refractivity (Wildman–Crippen MR) is 86.6 cm³/mol. The maximum atomic E-state index is 14.3.